The van der Waals surface area contributed by atoms with Gasteiger partial charge in [0.05, 0.1) is 35.7 Å². The number of likely N-dealkylation sites (tertiary alicyclic amines) is 1. The Balaban J connectivity index is 0.000000165. The predicted octanol–water partition coefficient (Wildman–Crippen LogP) is 3.15. The lowest BCUT2D eigenvalue weighted by atomic mass is 9.78. The number of carbonyl (C=O) groups is 3. The molecule has 4 heterocycles. The summed E-state index contributed by atoms with van der Waals surface area (Å²) >= 11 is 6.03. The normalized spacial score (nSPS) is 19.4. The number of benzene rings is 1. The van der Waals surface area contributed by atoms with Crippen LogP contribution in [0.3, 0.4) is 0 Å². The van der Waals surface area contributed by atoms with Crippen LogP contribution in [0.4, 0.5) is 10.1 Å². The van der Waals surface area contributed by atoms with Crippen LogP contribution in [-0.2, 0) is 9.53 Å². The van der Waals surface area contributed by atoms with E-state index in [1.807, 2.05) is 0 Å². The van der Waals surface area contributed by atoms with Crippen molar-refractivity contribution in [2.45, 2.75) is 38.5 Å². The number of nitrogens with one attached hydrogen (secondary N) is 1. The first-order valence-electron chi connectivity index (χ1n) is 11.8. The van der Waals surface area contributed by atoms with E-state index < -0.39 is 5.91 Å². The fraction of sp³-hybridized carbons (Fsp3) is 0.500. The number of aromatic nitrogens is 2. The molecule has 2 aromatic rings. The molecule has 0 atom stereocenters. The molecule has 11 heteroatoms. The summed E-state index contributed by atoms with van der Waals surface area (Å²) in [7, 11) is 0. The molecular formula is C24H29ClFN5O4. The number of nitrogens with zero attached hydrogens (tertiary/aromatic N) is 3. The van der Waals surface area contributed by atoms with Gasteiger partial charge in [0.1, 0.15) is 11.5 Å². The number of anilines is 1. The third-order valence-corrected chi connectivity index (χ3v) is 6.82. The number of amides is 3. The number of halogens is 2. The van der Waals surface area contributed by atoms with Gasteiger partial charge in [-0.15, -0.1) is 0 Å². The van der Waals surface area contributed by atoms with E-state index in [-0.39, 0.29) is 34.4 Å². The van der Waals surface area contributed by atoms with Gasteiger partial charge >= 0.3 is 0 Å². The standard InChI is InChI=1S/C14H17ClFNO.C10H12N4O3/c15-12-10-11(16)7-8-13(12)17-9-5-3-1-2-4-6-14(17)18;11-8(15)6-7(13-5-12-6)9(16)14-1-10(2-14)3-17-4-10/h7-8,10H,1-6,9H2;5H,1-4H2,(H2,11,15)(H,12,13). The number of rotatable bonds is 3. The highest BCUT2D eigenvalue weighted by molar-refractivity contribution is 6.33. The molecule has 0 radical (unpaired) electrons. The topological polar surface area (TPSA) is 122 Å². The quantitative estimate of drug-likeness (QED) is 0.663. The summed E-state index contributed by atoms with van der Waals surface area (Å²) in [5.74, 6) is -1.21. The molecule has 0 aliphatic carbocycles. The number of hydrogen-bond donors (Lipinski definition) is 2. The molecule has 3 amide bonds. The zero-order valence-electron chi connectivity index (χ0n) is 19.4. The molecule has 0 bridgehead atoms. The lowest BCUT2D eigenvalue weighted by molar-refractivity contribution is -0.176. The predicted molar refractivity (Wildman–Crippen MR) is 128 cm³/mol. The summed E-state index contributed by atoms with van der Waals surface area (Å²) in [6, 6.07) is 4.20. The van der Waals surface area contributed by atoms with Gasteiger partial charge in [0.25, 0.3) is 11.8 Å². The average molecular weight is 506 g/mol. The van der Waals surface area contributed by atoms with Gasteiger partial charge in [-0.2, -0.15) is 0 Å². The Labute approximate surface area is 207 Å². The Bertz CT molecular complexity index is 1100. The molecule has 0 unspecified atom stereocenters. The number of aromatic amines is 1. The Morgan fingerprint density at radius 2 is 1.86 bits per heavy atom. The number of H-pyrrole nitrogens is 1. The van der Waals surface area contributed by atoms with Crippen molar-refractivity contribution >= 4 is 35.0 Å². The van der Waals surface area contributed by atoms with Crippen molar-refractivity contribution in [3.8, 4) is 0 Å². The van der Waals surface area contributed by atoms with Crippen molar-refractivity contribution in [3.63, 3.8) is 0 Å². The molecule has 1 aromatic heterocycles. The molecule has 35 heavy (non-hydrogen) atoms. The van der Waals surface area contributed by atoms with E-state index in [1.54, 1.807) is 15.9 Å². The summed E-state index contributed by atoms with van der Waals surface area (Å²) in [4.78, 5) is 45.0. The van der Waals surface area contributed by atoms with Crippen molar-refractivity contribution in [3.05, 3.63) is 46.8 Å². The van der Waals surface area contributed by atoms with E-state index in [4.69, 9.17) is 22.1 Å². The maximum atomic E-state index is 13.0. The molecular weight excluding hydrogens is 477 g/mol. The lowest BCUT2D eigenvalue weighted by Crippen LogP contribution is -2.67. The van der Waals surface area contributed by atoms with Crippen molar-refractivity contribution in [1.82, 2.24) is 14.9 Å². The SMILES string of the molecule is NC(=O)c1nc[nH]c1C(=O)N1CC2(COC2)C1.O=C1CCCCCCCN1c1ccc(F)cc1Cl. The first-order chi connectivity index (χ1) is 16.8. The number of hydrogen-bond acceptors (Lipinski definition) is 5. The number of carbonyl (C=O) groups excluding carboxylic acids is 3. The molecule has 3 N–H and O–H groups in total. The molecule has 3 aliphatic heterocycles. The molecule has 3 aliphatic rings. The van der Waals surface area contributed by atoms with Gasteiger partial charge in [-0.05, 0) is 31.0 Å². The minimum atomic E-state index is -0.697. The highest BCUT2D eigenvalue weighted by Gasteiger charge is 2.51. The highest BCUT2D eigenvalue weighted by atomic mass is 35.5. The van der Waals surface area contributed by atoms with E-state index >= 15 is 0 Å². The fourth-order valence-electron chi connectivity index (χ4n) is 4.57. The van der Waals surface area contributed by atoms with Crippen LogP contribution >= 0.6 is 11.6 Å². The van der Waals surface area contributed by atoms with Crippen molar-refractivity contribution in [1.29, 1.82) is 0 Å². The highest BCUT2D eigenvalue weighted by Crippen LogP contribution is 2.38. The van der Waals surface area contributed by atoms with E-state index in [0.29, 0.717) is 50.0 Å². The van der Waals surface area contributed by atoms with Crippen molar-refractivity contribution in [2.75, 3.05) is 37.7 Å². The van der Waals surface area contributed by atoms with E-state index in [9.17, 15) is 18.8 Å². The Morgan fingerprint density at radius 1 is 1.14 bits per heavy atom. The van der Waals surface area contributed by atoms with Crippen LogP contribution in [0.25, 0.3) is 0 Å². The fourth-order valence-corrected chi connectivity index (χ4v) is 4.84. The maximum Gasteiger partial charge on any atom is 0.272 e. The van der Waals surface area contributed by atoms with Gasteiger partial charge in [0.15, 0.2) is 5.69 Å². The number of primary amides is 1. The minimum absolute atomic E-state index is 0.000749. The lowest BCUT2D eigenvalue weighted by Gasteiger charge is -2.54. The second-order valence-corrected chi connectivity index (χ2v) is 9.71. The Hall–Kier alpha value is -2.98. The Kier molecular flexibility index (Phi) is 7.71. The van der Waals surface area contributed by atoms with Gasteiger partial charge in [0, 0.05) is 26.1 Å². The summed E-state index contributed by atoms with van der Waals surface area (Å²) in [5, 5.41) is 0.308. The smallest absolute Gasteiger partial charge is 0.272 e. The first-order valence-corrected chi connectivity index (χ1v) is 12.1. The van der Waals surface area contributed by atoms with E-state index in [1.165, 1.54) is 24.9 Å². The van der Waals surface area contributed by atoms with Crippen LogP contribution in [0.15, 0.2) is 24.5 Å². The number of nitrogens with two attached hydrogens (primary N) is 1. The summed E-state index contributed by atoms with van der Waals surface area (Å²) < 4.78 is 18.2. The van der Waals surface area contributed by atoms with Crippen LogP contribution in [0.5, 0.6) is 0 Å². The minimum Gasteiger partial charge on any atom is -0.380 e. The van der Waals surface area contributed by atoms with E-state index in [0.717, 1.165) is 25.7 Å². The van der Waals surface area contributed by atoms with Gasteiger partial charge < -0.3 is 25.3 Å². The zero-order chi connectivity index (χ0) is 25.0. The summed E-state index contributed by atoms with van der Waals surface area (Å²) in [6.45, 7) is 3.43. The number of ether oxygens (including phenoxy) is 1. The second-order valence-electron chi connectivity index (χ2n) is 9.30. The van der Waals surface area contributed by atoms with Gasteiger partial charge in [-0.3, -0.25) is 14.4 Å². The van der Waals surface area contributed by atoms with Crippen LogP contribution in [0.1, 0.15) is 59.5 Å². The molecule has 0 saturated carbocycles. The van der Waals surface area contributed by atoms with Crippen molar-refractivity contribution in [2.24, 2.45) is 11.1 Å². The largest absolute Gasteiger partial charge is 0.380 e. The number of imidazole rings is 1. The van der Waals surface area contributed by atoms with Gasteiger partial charge in [0.2, 0.25) is 5.91 Å². The average Bonchev–Trinajstić information content (AvgIpc) is 3.27. The maximum absolute atomic E-state index is 13.0. The molecule has 1 spiro atoms. The Morgan fingerprint density at radius 3 is 2.51 bits per heavy atom. The summed E-state index contributed by atoms with van der Waals surface area (Å²) in [5.41, 5.74) is 6.09. The third kappa shape index (κ3) is 5.65. The van der Waals surface area contributed by atoms with Crippen LogP contribution in [-0.4, -0.2) is 65.4 Å². The van der Waals surface area contributed by atoms with E-state index in [2.05, 4.69) is 9.97 Å². The third-order valence-electron chi connectivity index (χ3n) is 6.52. The second kappa shape index (κ2) is 10.7. The molecule has 1 aromatic carbocycles. The van der Waals surface area contributed by atoms with Crippen LogP contribution in [0, 0.1) is 11.2 Å². The monoisotopic (exact) mass is 505 g/mol. The van der Waals surface area contributed by atoms with Gasteiger partial charge in [-0.1, -0.05) is 30.9 Å². The van der Waals surface area contributed by atoms with Crippen LogP contribution in [0.2, 0.25) is 5.02 Å². The molecule has 9 nitrogen and oxygen atoms in total. The summed E-state index contributed by atoms with van der Waals surface area (Å²) in [6.07, 6.45) is 7.16. The van der Waals surface area contributed by atoms with Crippen molar-refractivity contribution < 1.29 is 23.5 Å². The first kappa shape index (κ1) is 25.1. The molecule has 3 fully saturated rings. The molecule has 3 saturated heterocycles. The molecule has 5 rings (SSSR count). The van der Waals surface area contributed by atoms with Gasteiger partial charge in [-0.25, -0.2) is 9.37 Å². The zero-order valence-corrected chi connectivity index (χ0v) is 20.2. The molecule has 188 valence electrons. The van der Waals surface area contributed by atoms with Crippen LogP contribution < -0.4 is 10.6 Å².